The summed E-state index contributed by atoms with van der Waals surface area (Å²) in [7, 11) is 0. The minimum atomic E-state index is -1.13. The second-order valence-corrected chi connectivity index (χ2v) is 9.84. The summed E-state index contributed by atoms with van der Waals surface area (Å²) in [6.45, 7) is 7.31. The van der Waals surface area contributed by atoms with E-state index in [2.05, 4.69) is 10.6 Å². The highest BCUT2D eigenvalue weighted by Crippen LogP contribution is 2.46. The molecule has 0 saturated heterocycles. The van der Waals surface area contributed by atoms with Crippen LogP contribution in [0.25, 0.3) is 0 Å². The fraction of sp³-hybridized carbons (Fsp3) is 0.444. The van der Waals surface area contributed by atoms with Gasteiger partial charge in [0.1, 0.15) is 29.0 Å². The van der Waals surface area contributed by atoms with E-state index in [4.69, 9.17) is 0 Å². The Labute approximate surface area is 204 Å². The SMILES string of the molecule is CC(C)C[C@H](NC(=O)c1c(F)cccc1F)C(=O)N[C@@H](C(C)C)[C@@H](O)C1C(=O)C1c1ccccc1. The number of carbonyl (C=O) groups excluding carboxylic acids is 3. The molecule has 6 nitrogen and oxygen atoms in total. The molecule has 2 unspecified atom stereocenters. The first-order valence-electron chi connectivity index (χ1n) is 11.8. The van der Waals surface area contributed by atoms with E-state index < -0.39 is 59.0 Å². The molecule has 1 aliphatic carbocycles. The van der Waals surface area contributed by atoms with Gasteiger partial charge in [0.25, 0.3) is 5.91 Å². The number of aliphatic hydroxyl groups excluding tert-OH is 1. The maximum atomic E-state index is 14.1. The summed E-state index contributed by atoms with van der Waals surface area (Å²) in [6.07, 6.45) is -0.917. The fourth-order valence-electron chi connectivity index (χ4n) is 4.44. The number of halogens is 2. The lowest BCUT2D eigenvalue weighted by Gasteiger charge is -2.30. The molecular formula is C27H32F2N2O4. The molecule has 35 heavy (non-hydrogen) atoms. The quantitative estimate of drug-likeness (QED) is 0.478. The molecule has 0 spiro atoms. The molecule has 2 amide bonds. The minimum Gasteiger partial charge on any atom is -0.390 e. The van der Waals surface area contributed by atoms with Gasteiger partial charge in [-0.05, 0) is 36.0 Å². The van der Waals surface area contributed by atoms with Crippen LogP contribution in [0.5, 0.6) is 0 Å². The molecule has 0 aliphatic heterocycles. The van der Waals surface area contributed by atoms with E-state index >= 15 is 0 Å². The van der Waals surface area contributed by atoms with Gasteiger partial charge >= 0.3 is 0 Å². The standard InChI is InChI=1S/C27H32F2N2O4/c1-14(2)13-19(30-27(35)21-17(28)11-8-12-18(21)29)26(34)31-23(15(3)4)25(33)22-20(24(22)32)16-9-6-5-7-10-16/h5-12,14-15,19-20,22-23,25,33H,13H2,1-4H3,(H,30,35)(H,31,34)/t19-,20?,22?,23-,25-/m0/s1. The topological polar surface area (TPSA) is 95.5 Å². The lowest BCUT2D eigenvalue weighted by atomic mass is 9.92. The normalized spacial score (nSPS) is 19.9. The summed E-state index contributed by atoms with van der Waals surface area (Å²) in [6, 6.07) is 10.4. The minimum absolute atomic E-state index is 0.0218. The van der Waals surface area contributed by atoms with Crippen molar-refractivity contribution in [2.75, 3.05) is 0 Å². The van der Waals surface area contributed by atoms with E-state index in [0.29, 0.717) is 0 Å². The van der Waals surface area contributed by atoms with Crippen LogP contribution < -0.4 is 10.6 Å². The lowest BCUT2D eigenvalue weighted by molar-refractivity contribution is -0.126. The number of Topliss-reactive ketones (excluding diaryl/α,β-unsaturated/α-hetero) is 1. The monoisotopic (exact) mass is 486 g/mol. The fourth-order valence-corrected chi connectivity index (χ4v) is 4.44. The molecule has 0 bridgehead atoms. The molecule has 1 aliphatic rings. The van der Waals surface area contributed by atoms with Crippen LogP contribution in [0.3, 0.4) is 0 Å². The molecule has 0 radical (unpaired) electrons. The Morgan fingerprint density at radius 2 is 1.54 bits per heavy atom. The maximum absolute atomic E-state index is 14.1. The first-order chi connectivity index (χ1) is 16.5. The molecule has 2 aromatic carbocycles. The Bertz CT molecular complexity index is 1050. The maximum Gasteiger partial charge on any atom is 0.257 e. The third-order valence-electron chi connectivity index (χ3n) is 6.33. The highest BCUT2D eigenvalue weighted by molar-refractivity contribution is 6.05. The Kier molecular flexibility index (Phi) is 8.38. The van der Waals surface area contributed by atoms with Crippen molar-refractivity contribution in [2.24, 2.45) is 17.8 Å². The molecule has 1 saturated carbocycles. The number of aliphatic hydroxyl groups is 1. The van der Waals surface area contributed by atoms with Crippen molar-refractivity contribution in [1.29, 1.82) is 0 Å². The molecule has 5 atom stereocenters. The van der Waals surface area contributed by atoms with Crippen LogP contribution in [-0.4, -0.2) is 40.9 Å². The lowest BCUT2D eigenvalue weighted by Crippen LogP contribution is -2.55. The summed E-state index contributed by atoms with van der Waals surface area (Å²) in [4.78, 5) is 38.4. The van der Waals surface area contributed by atoms with Crippen molar-refractivity contribution in [3.63, 3.8) is 0 Å². The van der Waals surface area contributed by atoms with Crippen molar-refractivity contribution in [3.05, 3.63) is 71.3 Å². The van der Waals surface area contributed by atoms with E-state index in [1.807, 2.05) is 58.0 Å². The predicted octanol–water partition coefficient (Wildman–Crippen LogP) is 3.59. The van der Waals surface area contributed by atoms with Gasteiger partial charge in [-0.25, -0.2) is 8.78 Å². The summed E-state index contributed by atoms with van der Waals surface area (Å²) in [5.41, 5.74) is 0.0519. The average molecular weight is 487 g/mol. The van der Waals surface area contributed by atoms with Crippen molar-refractivity contribution >= 4 is 17.6 Å². The van der Waals surface area contributed by atoms with Gasteiger partial charge in [-0.3, -0.25) is 14.4 Å². The summed E-state index contributed by atoms with van der Waals surface area (Å²) >= 11 is 0. The predicted molar refractivity (Wildman–Crippen MR) is 128 cm³/mol. The second-order valence-electron chi connectivity index (χ2n) is 9.84. The van der Waals surface area contributed by atoms with E-state index in [-0.39, 0.29) is 24.0 Å². The number of carbonyl (C=O) groups is 3. The Balaban J connectivity index is 1.75. The van der Waals surface area contributed by atoms with Crippen LogP contribution in [0.1, 0.15) is 56.0 Å². The van der Waals surface area contributed by atoms with Crippen molar-refractivity contribution < 1.29 is 28.3 Å². The average Bonchev–Trinajstić information content (AvgIpc) is 3.47. The number of benzene rings is 2. The first-order valence-corrected chi connectivity index (χ1v) is 11.8. The van der Waals surface area contributed by atoms with Crippen molar-refractivity contribution in [1.82, 2.24) is 10.6 Å². The van der Waals surface area contributed by atoms with Gasteiger partial charge in [0.15, 0.2) is 0 Å². The highest BCUT2D eigenvalue weighted by Gasteiger charge is 2.56. The van der Waals surface area contributed by atoms with Gasteiger partial charge in [0.05, 0.1) is 24.0 Å². The van der Waals surface area contributed by atoms with Gasteiger partial charge in [-0.2, -0.15) is 0 Å². The van der Waals surface area contributed by atoms with Crippen molar-refractivity contribution in [2.45, 2.75) is 58.2 Å². The Morgan fingerprint density at radius 3 is 2.09 bits per heavy atom. The Morgan fingerprint density at radius 1 is 0.943 bits per heavy atom. The van der Waals surface area contributed by atoms with Crippen LogP contribution in [0.4, 0.5) is 8.78 Å². The van der Waals surface area contributed by atoms with E-state index in [9.17, 15) is 28.3 Å². The molecule has 3 rings (SSSR count). The van der Waals surface area contributed by atoms with Crippen LogP contribution in [0, 0.1) is 29.4 Å². The first kappa shape index (κ1) is 26.5. The smallest absolute Gasteiger partial charge is 0.257 e. The molecule has 0 heterocycles. The summed E-state index contributed by atoms with van der Waals surface area (Å²) in [5, 5.41) is 16.3. The second kappa shape index (κ2) is 11.1. The van der Waals surface area contributed by atoms with Gasteiger partial charge in [-0.1, -0.05) is 64.1 Å². The molecule has 3 N–H and O–H groups in total. The van der Waals surface area contributed by atoms with Crippen LogP contribution in [-0.2, 0) is 9.59 Å². The Hall–Kier alpha value is -3.13. The number of hydrogen-bond donors (Lipinski definition) is 3. The molecule has 0 aromatic heterocycles. The largest absolute Gasteiger partial charge is 0.390 e. The number of hydrogen-bond acceptors (Lipinski definition) is 4. The summed E-state index contributed by atoms with van der Waals surface area (Å²) < 4.78 is 28.2. The summed E-state index contributed by atoms with van der Waals surface area (Å²) in [5.74, 6) is -5.09. The van der Waals surface area contributed by atoms with Gasteiger partial charge in [0, 0.05) is 0 Å². The zero-order valence-electron chi connectivity index (χ0n) is 20.3. The molecule has 188 valence electrons. The third-order valence-corrected chi connectivity index (χ3v) is 6.33. The van der Waals surface area contributed by atoms with Crippen molar-refractivity contribution in [3.8, 4) is 0 Å². The number of ketones is 1. The van der Waals surface area contributed by atoms with Gasteiger partial charge in [0.2, 0.25) is 5.91 Å². The zero-order chi connectivity index (χ0) is 25.9. The zero-order valence-corrected chi connectivity index (χ0v) is 20.3. The molecule has 1 fully saturated rings. The third kappa shape index (κ3) is 6.11. The van der Waals surface area contributed by atoms with Crippen LogP contribution >= 0.6 is 0 Å². The highest BCUT2D eigenvalue weighted by atomic mass is 19.1. The molecular weight excluding hydrogens is 454 g/mol. The molecule has 8 heteroatoms. The molecule has 2 aromatic rings. The van der Waals surface area contributed by atoms with Crippen LogP contribution in [0.2, 0.25) is 0 Å². The number of amides is 2. The van der Waals surface area contributed by atoms with Gasteiger partial charge < -0.3 is 15.7 Å². The number of rotatable bonds is 10. The van der Waals surface area contributed by atoms with E-state index in [0.717, 1.165) is 23.8 Å². The van der Waals surface area contributed by atoms with E-state index in [1.165, 1.54) is 0 Å². The van der Waals surface area contributed by atoms with Gasteiger partial charge in [-0.15, -0.1) is 0 Å². The number of nitrogens with one attached hydrogen (secondary N) is 2. The van der Waals surface area contributed by atoms with Crippen LogP contribution in [0.15, 0.2) is 48.5 Å². The van der Waals surface area contributed by atoms with E-state index in [1.54, 1.807) is 0 Å².